The minimum absolute atomic E-state index is 0.0573. The molecule has 1 aliphatic heterocycles. The average Bonchev–Trinajstić information content (AvgIpc) is 2.87. The molecule has 0 bridgehead atoms. The van der Waals surface area contributed by atoms with E-state index in [-0.39, 0.29) is 16.7 Å². The van der Waals surface area contributed by atoms with Gasteiger partial charge in [0.25, 0.3) is 0 Å². The van der Waals surface area contributed by atoms with E-state index < -0.39 is 28.0 Å². The van der Waals surface area contributed by atoms with Crippen LogP contribution < -0.4 is 0 Å². The highest BCUT2D eigenvalue weighted by molar-refractivity contribution is 7.99. The van der Waals surface area contributed by atoms with Gasteiger partial charge in [-0.3, -0.25) is 4.79 Å². The number of aliphatic carboxylic acids is 1. The summed E-state index contributed by atoms with van der Waals surface area (Å²) in [6, 6.07) is 24.3. The number of nitrogens with zero attached hydrogens (tertiary/aromatic N) is 1. The predicted octanol–water partition coefficient (Wildman–Crippen LogP) is 5.70. The maximum Gasteiger partial charge on any atom is 0.308 e. The zero-order chi connectivity index (χ0) is 25.0. The van der Waals surface area contributed by atoms with Gasteiger partial charge in [0.1, 0.15) is 0 Å². The second kappa shape index (κ2) is 11.0. The van der Waals surface area contributed by atoms with Gasteiger partial charge in [-0.2, -0.15) is 16.1 Å². The van der Waals surface area contributed by atoms with Crippen LogP contribution in [0.1, 0.15) is 41.6 Å². The van der Waals surface area contributed by atoms with E-state index in [1.807, 2.05) is 61.5 Å². The van der Waals surface area contributed by atoms with Gasteiger partial charge in [0.05, 0.1) is 16.9 Å². The fraction of sp³-hybridized carbons (Fsp3) is 0.321. The second-order valence-electron chi connectivity index (χ2n) is 9.01. The van der Waals surface area contributed by atoms with E-state index in [4.69, 9.17) is 0 Å². The van der Waals surface area contributed by atoms with Crippen molar-refractivity contribution in [1.82, 2.24) is 4.31 Å². The second-order valence-corrected chi connectivity index (χ2v) is 12.1. The molecule has 1 aliphatic rings. The van der Waals surface area contributed by atoms with Gasteiger partial charge >= 0.3 is 5.97 Å². The number of aryl methyl sites for hydroxylation is 2. The summed E-state index contributed by atoms with van der Waals surface area (Å²) in [5, 5.41) is 9.87. The normalized spacial score (nSPS) is 21.0. The van der Waals surface area contributed by atoms with Crippen molar-refractivity contribution in [3.05, 3.63) is 101 Å². The first-order valence-electron chi connectivity index (χ1n) is 11.8. The fourth-order valence-electron chi connectivity index (χ4n) is 4.53. The first-order valence-corrected chi connectivity index (χ1v) is 14.3. The Kier molecular flexibility index (Phi) is 7.99. The van der Waals surface area contributed by atoms with Gasteiger partial charge in [0.2, 0.25) is 10.0 Å². The van der Waals surface area contributed by atoms with Crippen molar-refractivity contribution in [2.45, 2.75) is 48.6 Å². The number of carboxylic acids is 1. The molecule has 0 saturated carbocycles. The van der Waals surface area contributed by atoms with Crippen molar-refractivity contribution in [2.75, 3.05) is 6.54 Å². The fourth-order valence-corrected chi connectivity index (χ4v) is 7.53. The molecule has 0 aromatic heterocycles. The van der Waals surface area contributed by atoms with Gasteiger partial charge < -0.3 is 5.11 Å². The molecule has 0 unspecified atom stereocenters. The molecule has 3 aromatic rings. The van der Waals surface area contributed by atoms with Crippen molar-refractivity contribution in [2.24, 2.45) is 5.92 Å². The van der Waals surface area contributed by atoms with E-state index >= 15 is 0 Å². The summed E-state index contributed by atoms with van der Waals surface area (Å²) < 4.78 is 29.0. The lowest BCUT2D eigenvalue weighted by atomic mass is 9.90. The Morgan fingerprint density at radius 2 is 1.63 bits per heavy atom. The van der Waals surface area contributed by atoms with Gasteiger partial charge in [0, 0.05) is 17.5 Å². The first-order chi connectivity index (χ1) is 16.8. The van der Waals surface area contributed by atoms with Crippen LogP contribution in [-0.4, -0.2) is 35.6 Å². The lowest BCUT2D eigenvalue weighted by Crippen LogP contribution is -2.49. The standard InChI is InChI=1S/C28H31NO4S2/c1-3-21-11-13-23(14-12-21)26-17-27(34-19-22-7-5-4-6-8-22)25(28(30)31)18-29(26)35(32,33)24-15-9-20(2)10-16-24/h4-16,25-27H,3,17-19H2,1-2H3,(H,30,31)/t25-,26+,27-/m1/s1. The SMILES string of the molecule is CCc1ccc([C@@H]2C[C@@H](SCc3ccccc3)[C@H](C(=O)O)CN2S(=O)(=O)c2ccc(C)cc2)cc1. The summed E-state index contributed by atoms with van der Waals surface area (Å²) >= 11 is 1.60. The number of hydrogen-bond donors (Lipinski definition) is 1. The number of carboxylic acid groups (broad SMARTS) is 1. The van der Waals surface area contributed by atoms with E-state index in [1.165, 1.54) is 9.87 Å². The van der Waals surface area contributed by atoms with E-state index in [2.05, 4.69) is 6.92 Å². The number of carbonyl (C=O) groups is 1. The molecule has 0 aliphatic carbocycles. The van der Waals surface area contributed by atoms with E-state index in [0.29, 0.717) is 12.2 Å². The summed E-state index contributed by atoms with van der Waals surface area (Å²) in [4.78, 5) is 12.5. The Bertz CT molecular complexity index is 1240. The minimum Gasteiger partial charge on any atom is -0.481 e. The molecular weight excluding hydrogens is 478 g/mol. The van der Waals surface area contributed by atoms with Crippen LogP contribution in [0.5, 0.6) is 0 Å². The quantitative estimate of drug-likeness (QED) is 0.422. The molecule has 3 aromatic carbocycles. The smallest absolute Gasteiger partial charge is 0.308 e. The third-order valence-electron chi connectivity index (χ3n) is 6.65. The van der Waals surface area contributed by atoms with Crippen LogP contribution in [0.15, 0.2) is 83.8 Å². The Hall–Kier alpha value is -2.61. The van der Waals surface area contributed by atoms with Crippen LogP contribution in [0.25, 0.3) is 0 Å². The average molecular weight is 510 g/mol. The van der Waals surface area contributed by atoms with Crippen LogP contribution in [0.2, 0.25) is 0 Å². The molecule has 1 saturated heterocycles. The Morgan fingerprint density at radius 3 is 2.23 bits per heavy atom. The van der Waals surface area contributed by atoms with E-state index in [0.717, 1.165) is 23.1 Å². The van der Waals surface area contributed by atoms with Crippen LogP contribution >= 0.6 is 11.8 Å². The first kappa shape index (κ1) is 25.5. The zero-order valence-electron chi connectivity index (χ0n) is 20.0. The predicted molar refractivity (Wildman–Crippen MR) is 141 cm³/mol. The van der Waals surface area contributed by atoms with Crippen molar-refractivity contribution in [3.63, 3.8) is 0 Å². The Balaban J connectivity index is 1.70. The summed E-state index contributed by atoms with van der Waals surface area (Å²) in [7, 11) is -3.89. The molecule has 1 N–H and O–H groups in total. The van der Waals surface area contributed by atoms with Crippen molar-refractivity contribution in [3.8, 4) is 0 Å². The maximum absolute atomic E-state index is 13.8. The van der Waals surface area contributed by atoms with Gasteiger partial charge in [-0.25, -0.2) is 8.42 Å². The highest BCUT2D eigenvalue weighted by Crippen LogP contribution is 2.43. The summed E-state index contributed by atoms with van der Waals surface area (Å²) in [5.74, 6) is -1.07. The Labute approximate surface area is 212 Å². The van der Waals surface area contributed by atoms with Crippen molar-refractivity contribution < 1.29 is 18.3 Å². The van der Waals surface area contributed by atoms with Crippen LogP contribution in [0.3, 0.4) is 0 Å². The van der Waals surface area contributed by atoms with Gasteiger partial charge in [-0.1, -0.05) is 79.2 Å². The summed E-state index contributed by atoms with van der Waals surface area (Å²) in [6.07, 6.45) is 1.33. The third kappa shape index (κ3) is 5.80. The number of rotatable bonds is 8. The minimum atomic E-state index is -3.89. The number of piperidine rings is 1. The van der Waals surface area contributed by atoms with Crippen LogP contribution in [0.4, 0.5) is 0 Å². The zero-order valence-corrected chi connectivity index (χ0v) is 21.6. The molecule has 35 heavy (non-hydrogen) atoms. The van der Waals surface area contributed by atoms with E-state index in [9.17, 15) is 18.3 Å². The number of sulfonamides is 1. The molecule has 4 rings (SSSR count). The van der Waals surface area contributed by atoms with Gasteiger partial charge in [0.15, 0.2) is 0 Å². The molecule has 3 atom stereocenters. The summed E-state index contributed by atoms with van der Waals surface area (Å²) in [6.45, 7) is 3.93. The topological polar surface area (TPSA) is 74.7 Å². The highest BCUT2D eigenvalue weighted by atomic mass is 32.2. The summed E-state index contributed by atoms with van der Waals surface area (Å²) in [5.41, 5.74) is 4.17. The van der Waals surface area contributed by atoms with Crippen molar-refractivity contribution >= 4 is 27.8 Å². The largest absolute Gasteiger partial charge is 0.481 e. The molecule has 0 spiro atoms. The lowest BCUT2D eigenvalue weighted by molar-refractivity contribution is -0.143. The van der Waals surface area contributed by atoms with Crippen LogP contribution in [-0.2, 0) is 27.0 Å². The molecule has 0 amide bonds. The molecule has 7 heteroatoms. The highest BCUT2D eigenvalue weighted by Gasteiger charge is 2.45. The van der Waals surface area contributed by atoms with E-state index in [1.54, 1.807) is 36.0 Å². The maximum atomic E-state index is 13.8. The lowest BCUT2D eigenvalue weighted by Gasteiger charge is -2.42. The Morgan fingerprint density at radius 1 is 0.971 bits per heavy atom. The monoisotopic (exact) mass is 509 g/mol. The molecular formula is C28H31NO4S2. The molecule has 1 heterocycles. The van der Waals surface area contributed by atoms with Gasteiger partial charge in [-0.05, 0) is 48.6 Å². The molecule has 184 valence electrons. The number of thioether (sulfide) groups is 1. The van der Waals surface area contributed by atoms with Gasteiger partial charge in [-0.15, -0.1) is 0 Å². The van der Waals surface area contributed by atoms with Crippen LogP contribution in [0, 0.1) is 12.8 Å². The molecule has 1 fully saturated rings. The number of benzene rings is 3. The third-order valence-corrected chi connectivity index (χ3v) is 9.99. The van der Waals surface area contributed by atoms with Crippen molar-refractivity contribution in [1.29, 1.82) is 0 Å². The molecule has 5 nitrogen and oxygen atoms in total. The number of hydrogen-bond acceptors (Lipinski definition) is 4. The molecule has 0 radical (unpaired) electrons.